The third kappa shape index (κ3) is 5.41. The van der Waals surface area contributed by atoms with E-state index in [2.05, 4.69) is 17.2 Å². The van der Waals surface area contributed by atoms with Gasteiger partial charge in [0.25, 0.3) is 5.91 Å². The number of carbonyl (C=O) groups is 2. The average molecular weight is 419 g/mol. The van der Waals surface area contributed by atoms with Crippen molar-refractivity contribution in [1.82, 2.24) is 5.32 Å². The second kappa shape index (κ2) is 9.33. The summed E-state index contributed by atoms with van der Waals surface area (Å²) in [7, 11) is -3.97. The minimum absolute atomic E-state index is 0.201. The van der Waals surface area contributed by atoms with Crippen molar-refractivity contribution in [2.75, 3.05) is 22.4 Å². The molecule has 2 aromatic rings. The van der Waals surface area contributed by atoms with Gasteiger partial charge in [-0.2, -0.15) is 0 Å². The zero-order valence-electron chi connectivity index (χ0n) is 16.1. The van der Waals surface area contributed by atoms with E-state index >= 15 is 0 Å². The number of hydrogen-bond acceptors (Lipinski definition) is 4. The molecule has 2 rings (SSSR count). The summed E-state index contributed by atoms with van der Waals surface area (Å²) in [4.78, 5) is 25.1. The van der Waals surface area contributed by atoms with Crippen LogP contribution in [0.4, 0.5) is 15.8 Å². The molecule has 2 N–H and O–H groups in total. The van der Waals surface area contributed by atoms with Crippen LogP contribution in [0, 0.1) is 5.82 Å². The zero-order chi connectivity index (χ0) is 21.6. The quantitative estimate of drug-likeness (QED) is 0.643. The predicted octanol–water partition coefficient (Wildman–Crippen LogP) is 2.53. The van der Waals surface area contributed by atoms with Crippen molar-refractivity contribution < 1.29 is 22.4 Å². The van der Waals surface area contributed by atoms with E-state index in [0.717, 1.165) is 12.3 Å². The fourth-order valence-corrected chi connectivity index (χ4v) is 3.87. The Morgan fingerprint density at radius 2 is 1.79 bits per heavy atom. The minimum atomic E-state index is -3.97. The van der Waals surface area contributed by atoms with E-state index in [-0.39, 0.29) is 23.5 Å². The van der Waals surface area contributed by atoms with Crippen LogP contribution in [-0.2, 0) is 14.8 Å². The van der Waals surface area contributed by atoms with E-state index in [1.807, 2.05) is 0 Å². The van der Waals surface area contributed by atoms with Gasteiger partial charge in [-0.05, 0) is 31.2 Å². The molecule has 0 aliphatic carbocycles. The normalized spacial score (nSPS) is 12.0. The lowest BCUT2D eigenvalue weighted by molar-refractivity contribution is -0.116. The van der Waals surface area contributed by atoms with E-state index in [9.17, 15) is 22.4 Å². The zero-order valence-corrected chi connectivity index (χ0v) is 16.9. The maximum absolute atomic E-state index is 14.2. The van der Waals surface area contributed by atoms with E-state index in [1.165, 1.54) is 43.3 Å². The Bertz CT molecular complexity index is 1020. The molecule has 0 aliphatic rings. The van der Waals surface area contributed by atoms with Crippen LogP contribution in [0.1, 0.15) is 17.3 Å². The lowest BCUT2D eigenvalue weighted by Crippen LogP contribution is -2.46. The fourth-order valence-electron chi connectivity index (χ4n) is 2.70. The highest BCUT2D eigenvalue weighted by Gasteiger charge is 2.31. The van der Waals surface area contributed by atoms with Gasteiger partial charge < -0.3 is 10.6 Å². The molecule has 2 aromatic carbocycles. The SMILES string of the molecule is C=CCNC(=O)c1ccccc1NC(=O)[C@@H](C)N(c1ccccc1F)S(C)(=O)=O. The minimum Gasteiger partial charge on any atom is -0.349 e. The first-order chi connectivity index (χ1) is 13.7. The lowest BCUT2D eigenvalue weighted by atomic mass is 10.1. The van der Waals surface area contributed by atoms with Crippen LogP contribution >= 0.6 is 0 Å². The summed E-state index contributed by atoms with van der Waals surface area (Å²) in [5.74, 6) is -1.92. The van der Waals surface area contributed by atoms with Gasteiger partial charge in [0.05, 0.1) is 23.2 Å². The third-order valence-electron chi connectivity index (χ3n) is 4.01. The molecule has 0 saturated heterocycles. The standard InChI is InChI=1S/C20H22FN3O4S/c1-4-13-22-20(26)15-9-5-7-11-17(15)23-19(25)14(2)24(29(3,27)28)18-12-8-6-10-16(18)21/h4-12,14H,1,13H2,2-3H3,(H,22,26)(H,23,25)/t14-/m1/s1. The number of benzene rings is 2. The molecule has 0 aliphatic heterocycles. The highest BCUT2D eigenvalue weighted by molar-refractivity contribution is 7.92. The summed E-state index contributed by atoms with van der Waals surface area (Å²) in [6.45, 7) is 5.10. The van der Waals surface area contributed by atoms with Gasteiger partial charge in [0.1, 0.15) is 11.9 Å². The van der Waals surface area contributed by atoms with Crippen molar-refractivity contribution in [2.45, 2.75) is 13.0 Å². The maximum atomic E-state index is 14.2. The number of anilines is 2. The number of amides is 2. The average Bonchev–Trinajstić information content (AvgIpc) is 2.67. The number of nitrogens with zero attached hydrogens (tertiary/aromatic N) is 1. The largest absolute Gasteiger partial charge is 0.349 e. The molecular formula is C20H22FN3O4S. The molecule has 2 amide bonds. The van der Waals surface area contributed by atoms with Crippen molar-refractivity contribution in [3.8, 4) is 0 Å². The van der Waals surface area contributed by atoms with Crippen LogP contribution in [0.2, 0.25) is 0 Å². The molecule has 0 spiro atoms. The Kier molecular flexibility index (Phi) is 7.11. The van der Waals surface area contributed by atoms with E-state index < -0.39 is 33.7 Å². The van der Waals surface area contributed by atoms with Gasteiger partial charge in [0, 0.05) is 6.54 Å². The summed E-state index contributed by atoms with van der Waals surface area (Å²) in [6, 6.07) is 10.3. The van der Waals surface area contributed by atoms with Crippen molar-refractivity contribution in [3.63, 3.8) is 0 Å². The number of rotatable bonds is 8. The number of hydrogen-bond donors (Lipinski definition) is 2. The van der Waals surface area contributed by atoms with E-state index in [4.69, 9.17) is 0 Å². The fraction of sp³-hybridized carbons (Fsp3) is 0.200. The predicted molar refractivity (Wildman–Crippen MR) is 111 cm³/mol. The Morgan fingerprint density at radius 1 is 1.17 bits per heavy atom. The molecule has 0 fully saturated rings. The number of nitrogens with one attached hydrogen (secondary N) is 2. The number of sulfonamides is 1. The van der Waals surface area contributed by atoms with Gasteiger partial charge in [-0.25, -0.2) is 12.8 Å². The molecule has 1 atom stereocenters. The molecule has 0 heterocycles. The lowest BCUT2D eigenvalue weighted by Gasteiger charge is -2.28. The number of para-hydroxylation sites is 2. The molecule has 7 nitrogen and oxygen atoms in total. The summed E-state index contributed by atoms with van der Waals surface area (Å²) in [6.07, 6.45) is 2.40. The third-order valence-corrected chi connectivity index (χ3v) is 5.24. The second-order valence-electron chi connectivity index (χ2n) is 6.22. The number of halogens is 1. The van der Waals surface area contributed by atoms with Crippen molar-refractivity contribution in [3.05, 3.63) is 72.6 Å². The smallest absolute Gasteiger partial charge is 0.253 e. The van der Waals surface area contributed by atoms with Gasteiger partial charge in [0.15, 0.2) is 0 Å². The van der Waals surface area contributed by atoms with Crippen LogP contribution in [0.25, 0.3) is 0 Å². The first-order valence-electron chi connectivity index (χ1n) is 8.69. The van der Waals surface area contributed by atoms with Gasteiger partial charge in [-0.15, -0.1) is 6.58 Å². The van der Waals surface area contributed by atoms with Crippen LogP contribution < -0.4 is 14.9 Å². The first-order valence-corrected chi connectivity index (χ1v) is 10.5. The summed E-state index contributed by atoms with van der Waals surface area (Å²) in [5.41, 5.74) is 0.161. The van der Waals surface area contributed by atoms with Gasteiger partial charge in [-0.1, -0.05) is 30.3 Å². The highest BCUT2D eigenvalue weighted by atomic mass is 32.2. The summed E-state index contributed by atoms with van der Waals surface area (Å²) in [5, 5.41) is 5.16. The Balaban J connectivity index is 2.33. The monoisotopic (exact) mass is 419 g/mol. The molecule has 9 heteroatoms. The maximum Gasteiger partial charge on any atom is 0.253 e. The van der Waals surface area contributed by atoms with Crippen molar-refractivity contribution in [2.24, 2.45) is 0 Å². The molecular weight excluding hydrogens is 397 g/mol. The molecule has 29 heavy (non-hydrogen) atoms. The van der Waals surface area contributed by atoms with Crippen molar-refractivity contribution in [1.29, 1.82) is 0 Å². The van der Waals surface area contributed by atoms with Crippen LogP contribution in [0.3, 0.4) is 0 Å². The van der Waals surface area contributed by atoms with Crippen LogP contribution in [0.5, 0.6) is 0 Å². The molecule has 0 unspecified atom stereocenters. The molecule has 0 radical (unpaired) electrons. The van der Waals surface area contributed by atoms with Crippen LogP contribution in [0.15, 0.2) is 61.2 Å². The number of carbonyl (C=O) groups excluding carboxylic acids is 2. The Morgan fingerprint density at radius 3 is 2.41 bits per heavy atom. The Labute approximate surface area is 169 Å². The molecule has 0 aromatic heterocycles. The van der Waals surface area contributed by atoms with Crippen LogP contribution in [-0.4, -0.2) is 39.1 Å². The molecule has 0 bridgehead atoms. The van der Waals surface area contributed by atoms with Gasteiger partial charge in [0.2, 0.25) is 15.9 Å². The topological polar surface area (TPSA) is 95.6 Å². The van der Waals surface area contributed by atoms with Gasteiger partial charge in [-0.3, -0.25) is 13.9 Å². The second-order valence-corrected chi connectivity index (χ2v) is 8.08. The van der Waals surface area contributed by atoms with E-state index in [0.29, 0.717) is 4.31 Å². The van der Waals surface area contributed by atoms with E-state index in [1.54, 1.807) is 12.1 Å². The highest BCUT2D eigenvalue weighted by Crippen LogP contribution is 2.25. The molecule has 0 saturated carbocycles. The Hall–Kier alpha value is -3.20. The van der Waals surface area contributed by atoms with Gasteiger partial charge >= 0.3 is 0 Å². The summed E-state index contributed by atoms with van der Waals surface area (Å²) < 4.78 is 39.5. The van der Waals surface area contributed by atoms with Crippen molar-refractivity contribution >= 4 is 33.2 Å². The molecule has 154 valence electrons. The summed E-state index contributed by atoms with van der Waals surface area (Å²) >= 11 is 0. The first kappa shape index (κ1) is 22.1.